The second-order valence-corrected chi connectivity index (χ2v) is 8.32. The van der Waals surface area contributed by atoms with Gasteiger partial charge in [-0.15, -0.1) is 0 Å². The standard InChI is InChI=1S/C22H28N6/c1-15-4-6-16(7-5-15)20-19-21(23)24-14-25-22(19)28(26-20)18-10-8-17(9-11-18)27-12-2-3-13-27/h4-7,14,17-18H,2-3,8-13H2,1H3,(H2,23,24,25). The molecule has 3 heterocycles. The maximum absolute atomic E-state index is 6.26. The Bertz CT molecular complexity index is 963. The zero-order chi connectivity index (χ0) is 19.1. The average Bonchev–Trinajstić information content (AvgIpc) is 3.38. The van der Waals surface area contributed by atoms with Gasteiger partial charge in [0.2, 0.25) is 0 Å². The van der Waals surface area contributed by atoms with Gasteiger partial charge in [0.1, 0.15) is 17.8 Å². The van der Waals surface area contributed by atoms with E-state index in [0.717, 1.165) is 41.2 Å². The lowest BCUT2D eigenvalue weighted by Gasteiger charge is -2.34. The van der Waals surface area contributed by atoms with E-state index in [0.29, 0.717) is 11.9 Å². The normalized spacial score (nSPS) is 23.5. The van der Waals surface area contributed by atoms with E-state index in [-0.39, 0.29) is 0 Å². The summed E-state index contributed by atoms with van der Waals surface area (Å²) in [5.41, 5.74) is 10.3. The van der Waals surface area contributed by atoms with Crippen LogP contribution in [0.5, 0.6) is 0 Å². The second-order valence-electron chi connectivity index (χ2n) is 8.32. The third kappa shape index (κ3) is 3.05. The number of rotatable bonds is 3. The van der Waals surface area contributed by atoms with Crippen LogP contribution in [0, 0.1) is 6.92 Å². The van der Waals surface area contributed by atoms with Crippen molar-refractivity contribution in [2.24, 2.45) is 0 Å². The van der Waals surface area contributed by atoms with Crippen molar-refractivity contribution < 1.29 is 0 Å². The fraction of sp³-hybridized carbons (Fsp3) is 0.500. The maximum Gasteiger partial charge on any atom is 0.164 e. The summed E-state index contributed by atoms with van der Waals surface area (Å²) in [4.78, 5) is 11.5. The first-order valence-electron chi connectivity index (χ1n) is 10.5. The Balaban J connectivity index is 1.48. The number of likely N-dealkylation sites (tertiary alicyclic amines) is 1. The molecule has 2 fully saturated rings. The molecule has 0 bridgehead atoms. The number of anilines is 1. The van der Waals surface area contributed by atoms with Crippen molar-refractivity contribution in [3.05, 3.63) is 36.2 Å². The smallest absolute Gasteiger partial charge is 0.164 e. The minimum atomic E-state index is 0.384. The highest BCUT2D eigenvalue weighted by molar-refractivity contribution is 5.98. The number of nitrogen functional groups attached to an aromatic ring is 1. The predicted molar refractivity (Wildman–Crippen MR) is 112 cm³/mol. The monoisotopic (exact) mass is 376 g/mol. The van der Waals surface area contributed by atoms with Crippen molar-refractivity contribution in [3.63, 3.8) is 0 Å². The SMILES string of the molecule is Cc1ccc(-c2nn(C3CCC(N4CCCC4)CC3)c3ncnc(N)c23)cc1. The van der Waals surface area contributed by atoms with E-state index < -0.39 is 0 Å². The number of aromatic nitrogens is 4. The van der Waals surface area contributed by atoms with Crippen LogP contribution in [0.2, 0.25) is 0 Å². The minimum absolute atomic E-state index is 0.384. The van der Waals surface area contributed by atoms with Crippen molar-refractivity contribution >= 4 is 16.9 Å². The first kappa shape index (κ1) is 17.6. The van der Waals surface area contributed by atoms with E-state index in [4.69, 9.17) is 10.8 Å². The summed E-state index contributed by atoms with van der Waals surface area (Å²) in [6, 6.07) is 9.57. The van der Waals surface area contributed by atoms with Crippen LogP contribution in [0.3, 0.4) is 0 Å². The lowest BCUT2D eigenvalue weighted by molar-refractivity contribution is 0.163. The fourth-order valence-corrected chi connectivity index (χ4v) is 4.94. The molecule has 1 aliphatic heterocycles. The van der Waals surface area contributed by atoms with Crippen molar-refractivity contribution in [1.29, 1.82) is 0 Å². The molecule has 28 heavy (non-hydrogen) atoms. The number of nitrogens with two attached hydrogens (primary N) is 1. The summed E-state index contributed by atoms with van der Waals surface area (Å²) in [6.07, 6.45) is 9.06. The van der Waals surface area contributed by atoms with Gasteiger partial charge in [-0.3, -0.25) is 0 Å². The molecule has 1 saturated carbocycles. The minimum Gasteiger partial charge on any atom is -0.383 e. The molecule has 0 spiro atoms. The van der Waals surface area contributed by atoms with Crippen molar-refractivity contribution in [3.8, 4) is 11.3 Å². The molecule has 1 saturated heterocycles. The zero-order valence-electron chi connectivity index (χ0n) is 16.5. The van der Waals surface area contributed by atoms with Gasteiger partial charge in [0, 0.05) is 11.6 Å². The first-order chi connectivity index (χ1) is 13.7. The van der Waals surface area contributed by atoms with Gasteiger partial charge in [-0.1, -0.05) is 29.8 Å². The Morgan fingerprint density at radius 2 is 1.61 bits per heavy atom. The number of aryl methyl sites for hydroxylation is 1. The molecule has 6 heteroatoms. The Labute approximate surface area is 165 Å². The van der Waals surface area contributed by atoms with E-state index in [2.05, 4.69) is 50.7 Å². The molecule has 1 aromatic carbocycles. The second kappa shape index (κ2) is 7.17. The summed E-state index contributed by atoms with van der Waals surface area (Å²) in [7, 11) is 0. The van der Waals surface area contributed by atoms with Crippen LogP contribution in [-0.2, 0) is 0 Å². The molecule has 5 rings (SSSR count). The van der Waals surface area contributed by atoms with Gasteiger partial charge < -0.3 is 10.6 Å². The van der Waals surface area contributed by atoms with E-state index in [1.54, 1.807) is 6.33 Å². The van der Waals surface area contributed by atoms with E-state index in [1.165, 1.54) is 44.3 Å². The van der Waals surface area contributed by atoms with Gasteiger partial charge in [0.15, 0.2) is 5.65 Å². The molecule has 0 amide bonds. The number of nitrogens with zero attached hydrogens (tertiary/aromatic N) is 5. The molecule has 2 N–H and O–H groups in total. The van der Waals surface area contributed by atoms with E-state index >= 15 is 0 Å². The van der Waals surface area contributed by atoms with Gasteiger partial charge in [0.25, 0.3) is 0 Å². The van der Waals surface area contributed by atoms with E-state index in [1.807, 2.05) is 0 Å². The molecule has 6 nitrogen and oxygen atoms in total. The molecule has 146 valence electrons. The Morgan fingerprint density at radius 3 is 2.32 bits per heavy atom. The summed E-state index contributed by atoms with van der Waals surface area (Å²) < 4.78 is 2.13. The third-order valence-corrected chi connectivity index (χ3v) is 6.51. The maximum atomic E-state index is 6.26. The van der Waals surface area contributed by atoms with Gasteiger partial charge in [-0.2, -0.15) is 5.10 Å². The molecular formula is C22H28N6. The molecule has 1 aliphatic carbocycles. The van der Waals surface area contributed by atoms with Crippen LogP contribution in [0.15, 0.2) is 30.6 Å². The van der Waals surface area contributed by atoms with Crippen LogP contribution < -0.4 is 5.73 Å². The van der Waals surface area contributed by atoms with Gasteiger partial charge in [-0.25, -0.2) is 14.6 Å². The average molecular weight is 377 g/mol. The highest BCUT2D eigenvalue weighted by Gasteiger charge is 2.30. The van der Waals surface area contributed by atoms with Crippen LogP contribution in [0.1, 0.15) is 50.1 Å². The van der Waals surface area contributed by atoms with Gasteiger partial charge in [-0.05, 0) is 58.5 Å². The van der Waals surface area contributed by atoms with Crippen molar-refractivity contribution in [1.82, 2.24) is 24.6 Å². The van der Waals surface area contributed by atoms with Crippen molar-refractivity contribution in [2.75, 3.05) is 18.8 Å². The third-order valence-electron chi connectivity index (χ3n) is 6.51. The molecule has 0 atom stereocenters. The summed E-state index contributed by atoms with van der Waals surface area (Å²) in [5, 5.41) is 5.90. The lowest BCUT2D eigenvalue weighted by Crippen LogP contribution is -2.36. The van der Waals surface area contributed by atoms with Crippen molar-refractivity contribution in [2.45, 2.75) is 57.5 Å². The molecule has 2 aliphatic rings. The summed E-state index contributed by atoms with van der Waals surface area (Å²) in [6.45, 7) is 4.65. The molecule has 3 aromatic rings. The predicted octanol–water partition coefficient (Wildman–Crippen LogP) is 3.96. The van der Waals surface area contributed by atoms with Gasteiger partial charge >= 0.3 is 0 Å². The lowest BCUT2D eigenvalue weighted by atomic mass is 9.90. The largest absolute Gasteiger partial charge is 0.383 e. The fourth-order valence-electron chi connectivity index (χ4n) is 4.94. The topological polar surface area (TPSA) is 72.9 Å². The van der Waals surface area contributed by atoms with E-state index in [9.17, 15) is 0 Å². The Morgan fingerprint density at radius 1 is 0.929 bits per heavy atom. The summed E-state index contributed by atoms with van der Waals surface area (Å²) in [5.74, 6) is 0.512. The summed E-state index contributed by atoms with van der Waals surface area (Å²) >= 11 is 0. The quantitative estimate of drug-likeness (QED) is 0.749. The molecular weight excluding hydrogens is 348 g/mol. The number of fused-ring (bicyclic) bond motifs is 1. The van der Waals surface area contributed by atoms with Crippen LogP contribution >= 0.6 is 0 Å². The van der Waals surface area contributed by atoms with Crippen LogP contribution in [0.25, 0.3) is 22.3 Å². The van der Waals surface area contributed by atoms with Crippen LogP contribution in [0.4, 0.5) is 5.82 Å². The molecule has 2 aromatic heterocycles. The number of hydrogen-bond donors (Lipinski definition) is 1. The highest BCUT2D eigenvalue weighted by Crippen LogP contribution is 2.37. The Kier molecular flexibility index (Phi) is 4.51. The number of hydrogen-bond acceptors (Lipinski definition) is 5. The highest BCUT2D eigenvalue weighted by atomic mass is 15.3. The Hall–Kier alpha value is -2.47. The zero-order valence-corrected chi connectivity index (χ0v) is 16.5. The first-order valence-corrected chi connectivity index (χ1v) is 10.5. The van der Waals surface area contributed by atoms with Crippen LogP contribution in [-0.4, -0.2) is 43.8 Å². The van der Waals surface area contributed by atoms with Gasteiger partial charge in [0.05, 0.1) is 11.4 Å². The molecule has 0 unspecified atom stereocenters. The number of benzene rings is 1. The molecule has 0 radical (unpaired) electrons.